The molecule has 6 heteroatoms. The van der Waals surface area contributed by atoms with Crippen molar-refractivity contribution in [2.24, 2.45) is 0 Å². The van der Waals surface area contributed by atoms with Crippen LogP contribution in [-0.4, -0.2) is 19.8 Å². The molecule has 0 bridgehead atoms. The number of sulfonamides is 1. The van der Waals surface area contributed by atoms with Gasteiger partial charge < -0.3 is 0 Å². The van der Waals surface area contributed by atoms with Crippen molar-refractivity contribution >= 4 is 26.0 Å². The van der Waals surface area contributed by atoms with Crippen molar-refractivity contribution in [2.75, 3.05) is 6.54 Å². The van der Waals surface area contributed by atoms with E-state index in [1.54, 1.807) is 6.92 Å². The van der Waals surface area contributed by atoms with Crippen LogP contribution in [0.4, 0.5) is 4.39 Å². The van der Waals surface area contributed by atoms with E-state index in [9.17, 15) is 12.8 Å². The molecule has 18 heavy (non-hydrogen) atoms. The molecule has 1 atom stereocenters. The van der Waals surface area contributed by atoms with Gasteiger partial charge in [0.1, 0.15) is 5.82 Å². The second kappa shape index (κ2) is 6.63. The molecule has 0 aromatic heterocycles. The minimum absolute atomic E-state index is 0.135. The van der Waals surface area contributed by atoms with Gasteiger partial charge in [0.2, 0.25) is 10.0 Å². The molecule has 0 saturated carbocycles. The first kappa shape index (κ1) is 15.6. The fraction of sp³-hybridized carbons (Fsp3) is 0.500. The Morgan fingerprint density at radius 2 is 2.11 bits per heavy atom. The highest BCUT2D eigenvalue weighted by molar-refractivity contribution is 9.09. The first-order valence-electron chi connectivity index (χ1n) is 5.73. The Morgan fingerprint density at radius 3 is 2.67 bits per heavy atom. The molecular weight excluding hydrogens is 321 g/mol. The molecule has 0 spiro atoms. The van der Waals surface area contributed by atoms with Crippen LogP contribution in [-0.2, 0) is 10.0 Å². The standard InChI is InChI=1S/C12H17BrFNO2S/c1-9-8-11(14)5-6-12(9)18(16,17)15-7-3-4-10(2)13/h5-6,8,10,15H,3-4,7H2,1-2H3. The summed E-state index contributed by atoms with van der Waals surface area (Å²) in [6, 6.07) is 3.66. The Hall–Kier alpha value is -0.460. The smallest absolute Gasteiger partial charge is 0.211 e. The molecule has 1 N–H and O–H groups in total. The van der Waals surface area contributed by atoms with Crippen LogP contribution in [0.15, 0.2) is 23.1 Å². The van der Waals surface area contributed by atoms with E-state index in [0.29, 0.717) is 16.9 Å². The summed E-state index contributed by atoms with van der Waals surface area (Å²) in [6.07, 6.45) is 1.65. The zero-order valence-corrected chi connectivity index (χ0v) is 12.8. The maximum absolute atomic E-state index is 12.9. The predicted molar refractivity (Wildman–Crippen MR) is 73.9 cm³/mol. The van der Waals surface area contributed by atoms with E-state index in [1.165, 1.54) is 12.1 Å². The lowest BCUT2D eigenvalue weighted by atomic mass is 10.2. The molecule has 1 rings (SSSR count). The van der Waals surface area contributed by atoms with Gasteiger partial charge in [-0.3, -0.25) is 0 Å². The van der Waals surface area contributed by atoms with E-state index in [1.807, 2.05) is 6.92 Å². The lowest BCUT2D eigenvalue weighted by Crippen LogP contribution is -2.25. The zero-order chi connectivity index (χ0) is 13.8. The first-order valence-corrected chi connectivity index (χ1v) is 8.12. The second-order valence-corrected chi connectivity index (χ2v) is 7.53. The number of hydrogen-bond donors (Lipinski definition) is 1. The SMILES string of the molecule is Cc1cc(F)ccc1S(=O)(=O)NCCCC(C)Br. The lowest BCUT2D eigenvalue weighted by Gasteiger charge is -2.09. The molecular formula is C12H17BrFNO2S. The highest BCUT2D eigenvalue weighted by Crippen LogP contribution is 2.16. The van der Waals surface area contributed by atoms with Crippen LogP contribution < -0.4 is 4.72 Å². The van der Waals surface area contributed by atoms with Crippen molar-refractivity contribution in [2.45, 2.75) is 36.4 Å². The monoisotopic (exact) mass is 337 g/mol. The summed E-state index contributed by atoms with van der Waals surface area (Å²) in [6.45, 7) is 3.98. The van der Waals surface area contributed by atoms with Crippen LogP contribution in [0.3, 0.4) is 0 Å². The fourth-order valence-electron chi connectivity index (χ4n) is 1.58. The normalized spacial score (nSPS) is 13.6. The topological polar surface area (TPSA) is 46.2 Å². The average molecular weight is 338 g/mol. The average Bonchev–Trinajstić information content (AvgIpc) is 2.23. The third-order valence-electron chi connectivity index (χ3n) is 2.50. The van der Waals surface area contributed by atoms with E-state index in [0.717, 1.165) is 18.9 Å². The van der Waals surface area contributed by atoms with Crippen molar-refractivity contribution in [3.8, 4) is 0 Å². The fourth-order valence-corrected chi connectivity index (χ4v) is 3.20. The highest BCUT2D eigenvalue weighted by Gasteiger charge is 2.16. The van der Waals surface area contributed by atoms with Gasteiger partial charge in [-0.25, -0.2) is 17.5 Å². The van der Waals surface area contributed by atoms with Gasteiger partial charge in [0.05, 0.1) is 4.90 Å². The molecule has 0 amide bonds. The lowest BCUT2D eigenvalue weighted by molar-refractivity contribution is 0.575. The molecule has 3 nitrogen and oxygen atoms in total. The van der Waals surface area contributed by atoms with Gasteiger partial charge in [-0.2, -0.15) is 0 Å². The quantitative estimate of drug-likeness (QED) is 0.640. The molecule has 0 fully saturated rings. The van der Waals surface area contributed by atoms with Gasteiger partial charge in [-0.05, 0) is 43.5 Å². The largest absolute Gasteiger partial charge is 0.240 e. The highest BCUT2D eigenvalue weighted by atomic mass is 79.9. The van der Waals surface area contributed by atoms with Gasteiger partial charge in [-0.15, -0.1) is 0 Å². The van der Waals surface area contributed by atoms with Crippen molar-refractivity contribution in [1.29, 1.82) is 0 Å². The predicted octanol–water partition coefficient (Wildman–Crippen LogP) is 2.98. The molecule has 102 valence electrons. The molecule has 1 aromatic carbocycles. The maximum Gasteiger partial charge on any atom is 0.240 e. The molecule has 0 radical (unpaired) electrons. The van der Waals surface area contributed by atoms with Crippen LogP contribution in [0.1, 0.15) is 25.3 Å². The Balaban J connectivity index is 2.69. The summed E-state index contributed by atoms with van der Waals surface area (Å²) in [5.41, 5.74) is 0.413. The number of aryl methyl sites for hydroxylation is 1. The Kier molecular flexibility index (Phi) is 5.75. The minimum atomic E-state index is -3.54. The molecule has 0 heterocycles. The number of alkyl halides is 1. The number of rotatable bonds is 6. The van der Waals surface area contributed by atoms with Crippen LogP contribution >= 0.6 is 15.9 Å². The number of nitrogens with one attached hydrogen (secondary N) is 1. The molecule has 0 aliphatic carbocycles. The molecule has 1 aromatic rings. The van der Waals surface area contributed by atoms with Crippen LogP contribution in [0.2, 0.25) is 0 Å². The Bertz CT molecular complexity index is 503. The summed E-state index contributed by atoms with van der Waals surface area (Å²) in [4.78, 5) is 0.505. The Morgan fingerprint density at radius 1 is 1.44 bits per heavy atom. The van der Waals surface area contributed by atoms with Gasteiger partial charge >= 0.3 is 0 Å². The van der Waals surface area contributed by atoms with E-state index >= 15 is 0 Å². The number of halogens is 2. The Labute approximate surface area is 116 Å². The van der Waals surface area contributed by atoms with Gasteiger partial charge in [0, 0.05) is 11.4 Å². The maximum atomic E-state index is 12.9. The summed E-state index contributed by atoms with van der Waals surface area (Å²) in [7, 11) is -3.54. The van der Waals surface area contributed by atoms with E-state index in [4.69, 9.17) is 0 Å². The molecule has 0 aliphatic heterocycles. The van der Waals surface area contributed by atoms with Crippen molar-refractivity contribution in [1.82, 2.24) is 4.72 Å². The number of benzene rings is 1. The molecule has 0 aliphatic rings. The second-order valence-electron chi connectivity index (χ2n) is 4.23. The van der Waals surface area contributed by atoms with E-state index in [2.05, 4.69) is 20.7 Å². The summed E-state index contributed by atoms with van der Waals surface area (Å²) >= 11 is 3.40. The summed E-state index contributed by atoms with van der Waals surface area (Å²) < 4.78 is 39.4. The molecule has 1 unspecified atom stereocenters. The van der Waals surface area contributed by atoms with Crippen LogP contribution in [0, 0.1) is 12.7 Å². The third kappa shape index (κ3) is 4.66. The first-order chi connectivity index (χ1) is 8.33. The van der Waals surface area contributed by atoms with Crippen molar-refractivity contribution in [3.63, 3.8) is 0 Å². The number of hydrogen-bond acceptors (Lipinski definition) is 2. The van der Waals surface area contributed by atoms with Crippen molar-refractivity contribution < 1.29 is 12.8 Å². The summed E-state index contributed by atoms with van der Waals surface area (Å²) in [5, 5.41) is 0. The van der Waals surface area contributed by atoms with Crippen molar-refractivity contribution in [3.05, 3.63) is 29.6 Å². The van der Waals surface area contributed by atoms with E-state index < -0.39 is 15.8 Å². The molecule has 0 saturated heterocycles. The van der Waals surface area contributed by atoms with Gasteiger partial charge in [0.25, 0.3) is 0 Å². The third-order valence-corrected chi connectivity index (χ3v) is 4.58. The minimum Gasteiger partial charge on any atom is -0.211 e. The summed E-state index contributed by atoms with van der Waals surface area (Å²) in [5.74, 6) is -0.431. The van der Waals surface area contributed by atoms with Crippen LogP contribution in [0.5, 0.6) is 0 Å². The van der Waals surface area contributed by atoms with Crippen LogP contribution in [0.25, 0.3) is 0 Å². The zero-order valence-electron chi connectivity index (χ0n) is 10.4. The van der Waals surface area contributed by atoms with Gasteiger partial charge in [0.15, 0.2) is 0 Å². The van der Waals surface area contributed by atoms with Gasteiger partial charge in [-0.1, -0.05) is 22.9 Å². The van der Waals surface area contributed by atoms with E-state index in [-0.39, 0.29) is 4.90 Å².